The summed E-state index contributed by atoms with van der Waals surface area (Å²) in [5.74, 6) is 1.55. The van der Waals surface area contributed by atoms with Crippen molar-refractivity contribution in [2.75, 3.05) is 13.1 Å². The predicted octanol–water partition coefficient (Wildman–Crippen LogP) is 3.52. The van der Waals surface area contributed by atoms with Gasteiger partial charge in [-0.25, -0.2) is 0 Å². The van der Waals surface area contributed by atoms with Crippen LogP contribution in [0.4, 0.5) is 0 Å². The van der Waals surface area contributed by atoms with Crippen LogP contribution in [-0.2, 0) is 0 Å². The Hall–Kier alpha value is -1.87. The van der Waals surface area contributed by atoms with E-state index in [2.05, 4.69) is 35.4 Å². The highest BCUT2D eigenvalue weighted by Gasteiger charge is 2.22. The number of benzene rings is 1. The second-order valence-electron chi connectivity index (χ2n) is 5.66. The van der Waals surface area contributed by atoms with Crippen molar-refractivity contribution in [2.45, 2.75) is 25.9 Å². The van der Waals surface area contributed by atoms with E-state index >= 15 is 0 Å². The van der Waals surface area contributed by atoms with Gasteiger partial charge in [0.25, 0.3) is 0 Å². The number of nitrogens with one attached hydrogen (secondary N) is 1. The van der Waals surface area contributed by atoms with Gasteiger partial charge in [0.1, 0.15) is 5.75 Å². The molecular weight excluding hydrogens is 260 g/mol. The van der Waals surface area contributed by atoms with Crippen LogP contribution < -0.4 is 10.1 Å². The molecule has 0 radical (unpaired) electrons. The van der Waals surface area contributed by atoms with Crippen molar-refractivity contribution in [3.63, 3.8) is 0 Å². The average Bonchev–Trinajstić information content (AvgIpc) is 2.57. The molecule has 2 heterocycles. The molecule has 1 saturated heterocycles. The number of nitrogens with zero attached hydrogens (tertiary/aromatic N) is 1. The lowest BCUT2D eigenvalue weighted by Gasteiger charge is -2.29. The lowest BCUT2D eigenvalue weighted by molar-refractivity contribution is 0.132. The van der Waals surface area contributed by atoms with E-state index in [4.69, 9.17) is 4.74 Å². The molecule has 1 N–H and O–H groups in total. The van der Waals surface area contributed by atoms with E-state index in [9.17, 15) is 0 Å². The van der Waals surface area contributed by atoms with Crippen molar-refractivity contribution in [1.29, 1.82) is 0 Å². The molecule has 1 aliphatic rings. The molecule has 0 amide bonds. The normalized spacial score (nSPS) is 20.0. The summed E-state index contributed by atoms with van der Waals surface area (Å²) >= 11 is 0. The smallest absolute Gasteiger partial charge is 0.127 e. The van der Waals surface area contributed by atoms with E-state index in [1.165, 1.54) is 12.8 Å². The maximum Gasteiger partial charge on any atom is 0.127 e. The van der Waals surface area contributed by atoms with E-state index in [0.29, 0.717) is 5.92 Å². The average molecular weight is 282 g/mol. The Morgan fingerprint density at radius 1 is 1.19 bits per heavy atom. The molecule has 1 fully saturated rings. The summed E-state index contributed by atoms with van der Waals surface area (Å²) in [7, 11) is 0. The van der Waals surface area contributed by atoms with Crippen LogP contribution in [0.25, 0.3) is 11.1 Å². The van der Waals surface area contributed by atoms with Gasteiger partial charge < -0.3 is 10.1 Å². The Morgan fingerprint density at radius 2 is 2.00 bits per heavy atom. The van der Waals surface area contributed by atoms with Crippen LogP contribution in [0.5, 0.6) is 5.75 Å². The van der Waals surface area contributed by atoms with Gasteiger partial charge in [-0.3, -0.25) is 4.98 Å². The second-order valence-corrected chi connectivity index (χ2v) is 5.66. The summed E-state index contributed by atoms with van der Waals surface area (Å²) in [5.41, 5.74) is 2.28. The SMILES string of the molecule is CC(Oc1ccccc1-c1ccncc1)C1CCCNC1. The van der Waals surface area contributed by atoms with Crippen molar-refractivity contribution in [3.05, 3.63) is 48.8 Å². The van der Waals surface area contributed by atoms with Gasteiger partial charge >= 0.3 is 0 Å². The summed E-state index contributed by atoms with van der Waals surface area (Å²) < 4.78 is 6.28. The molecule has 3 rings (SSSR count). The van der Waals surface area contributed by atoms with Crippen molar-refractivity contribution >= 4 is 0 Å². The zero-order valence-electron chi connectivity index (χ0n) is 12.5. The predicted molar refractivity (Wildman–Crippen MR) is 85.4 cm³/mol. The molecule has 21 heavy (non-hydrogen) atoms. The van der Waals surface area contributed by atoms with Crippen LogP contribution in [0.1, 0.15) is 19.8 Å². The molecule has 2 atom stereocenters. The van der Waals surface area contributed by atoms with Crippen LogP contribution >= 0.6 is 0 Å². The fourth-order valence-corrected chi connectivity index (χ4v) is 2.92. The Morgan fingerprint density at radius 3 is 2.76 bits per heavy atom. The Balaban J connectivity index is 1.79. The minimum Gasteiger partial charge on any atom is -0.490 e. The molecule has 1 aromatic heterocycles. The minimum absolute atomic E-state index is 0.223. The number of rotatable bonds is 4. The summed E-state index contributed by atoms with van der Waals surface area (Å²) in [6.07, 6.45) is 6.35. The quantitative estimate of drug-likeness (QED) is 0.931. The molecule has 2 unspecified atom stereocenters. The standard InChI is InChI=1S/C18H22N2O/c1-14(16-5-4-10-20-13-16)21-18-7-3-2-6-17(18)15-8-11-19-12-9-15/h2-3,6-9,11-12,14,16,20H,4-5,10,13H2,1H3. The van der Waals surface area contributed by atoms with Crippen LogP contribution in [-0.4, -0.2) is 24.2 Å². The number of para-hydroxylation sites is 1. The molecule has 110 valence electrons. The van der Waals surface area contributed by atoms with E-state index in [1.54, 1.807) is 0 Å². The Labute approximate surface area is 126 Å². The number of hydrogen-bond acceptors (Lipinski definition) is 3. The van der Waals surface area contributed by atoms with E-state index < -0.39 is 0 Å². The van der Waals surface area contributed by atoms with Crippen molar-refractivity contribution in [2.24, 2.45) is 5.92 Å². The van der Waals surface area contributed by atoms with Crippen molar-refractivity contribution in [3.8, 4) is 16.9 Å². The van der Waals surface area contributed by atoms with E-state index in [-0.39, 0.29) is 6.10 Å². The summed E-state index contributed by atoms with van der Waals surface area (Å²) in [6, 6.07) is 12.3. The first-order valence-corrected chi connectivity index (χ1v) is 7.71. The van der Waals surface area contributed by atoms with Gasteiger partial charge in [-0.1, -0.05) is 18.2 Å². The van der Waals surface area contributed by atoms with Gasteiger partial charge in [0, 0.05) is 30.4 Å². The second kappa shape index (κ2) is 6.72. The maximum absolute atomic E-state index is 6.28. The monoisotopic (exact) mass is 282 g/mol. The zero-order chi connectivity index (χ0) is 14.5. The van der Waals surface area contributed by atoms with Gasteiger partial charge in [0.05, 0.1) is 6.10 Å². The van der Waals surface area contributed by atoms with Crippen molar-refractivity contribution in [1.82, 2.24) is 10.3 Å². The highest BCUT2D eigenvalue weighted by atomic mass is 16.5. The highest BCUT2D eigenvalue weighted by molar-refractivity contribution is 5.69. The largest absolute Gasteiger partial charge is 0.490 e. The summed E-state index contributed by atoms with van der Waals surface area (Å²) in [4.78, 5) is 4.09. The number of ether oxygens (including phenoxy) is 1. The van der Waals surface area contributed by atoms with Gasteiger partial charge in [0.2, 0.25) is 0 Å². The number of pyridine rings is 1. The first-order chi connectivity index (χ1) is 10.3. The maximum atomic E-state index is 6.28. The number of aromatic nitrogens is 1. The molecule has 1 aromatic carbocycles. The first kappa shape index (κ1) is 14.1. The molecule has 0 saturated carbocycles. The first-order valence-electron chi connectivity index (χ1n) is 7.71. The summed E-state index contributed by atoms with van der Waals surface area (Å²) in [6.45, 7) is 4.37. The Kier molecular flexibility index (Phi) is 4.51. The lowest BCUT2D eigenvalue weighted by Crippen LogP contribution is -2.37. The van der Waals surface area contributed by atoms with Crippen LogP contribution in [0.15, 0.2) is 48.8 Å². The summed E-state index contributed by atoms with van der Waals surface area (Å²) in [5, 5.41) is 3.46. The third-order valence-corrected chi connectivity index (χ3v) is 4.19. The van der Waals surface area contributed by atoms with Crippen LogP contribution in [0.2, 0.25) is 0 Å². The third kappa shape index (κ3) is 3.42. The van der Waals surface area contributed by atoms with E-state index in [0.717, 1.165) is 30.0 Å². The molecule has 2 aromatic rings. The van der Waals surface area contributed by atoms with Gasteiger partial charge in [-0.05, 0) is 50.1 Å². The number of hydrogen-bond donors (Lipinski definition) is 1. The minimum atomic E-state index is 0.223. The van der Waals surface area contributed by atoms with Gasteiger partial charge in [-0.2, -0.15) is 0 Å². The highest BCUT2D eigenvalue weighted by Crippen LogP contribution is 2.31. The fourth-order valence-electron chi connectivity index (χ4n) is 2.92. The fraction of sp³-hybridized carbons (Fsp3) is 0.389. The molecule has 0 bridgehead atoms. The zero-order valence-corrected chi connectivity index (χ0v) is 12.5. The van der Waals surface area contributed by atoms with Crippen LogP contribution in [0, 0.1) is 5.92 Å². The van der Waals surface area contributed by atoms with E-state index in [1.807, 2.05) is 30.6 Å². The van der Waals surface area contributed by atoms with Gasteiger partial charge in [-0.15, -0.1) is 0 Å². The molecule has 0 spiro atoms. The van der Waals surface area contributed by atoms with Crippen molar-refractivity contribution < 1.29 is 4.74 Å². The Bertz CT molecular complexity index is 564. The lowest BCUT2D eigenvalue weighted by atomic mass is 9.94. The van der Waals surface area contributed by atoms with Gasteiger partial charge in [0.15, 0.2) is 0 Å². The molecular formula is C18H22N2O. The van der Waals surface area contributed by atoms with Crippen LogP contribution in [0.3, 0.4) is 0 Å². The molecule has 3 heteroatoms. The molecule has 3 nitrogen and oxygen atoms in total. The molecule has 1 aliphatic heterocycles. The molecule has 0 aliphatic carbocycles. The number of piperidine rings is 1. The topological polar surface area (TPSA) is 34.1 Å². The third-order valence-electron chi connectivity index (χ3n) is 4.19.